The molecule has 1 aromatic carbocycles. The highest BCUT2D eigenvalue weighted by Crippen LogP contribution is 2.52. The molecule has 0 saturated carbocycles. The van der Waals surface area contributed by atoms with Crippen LogP contribution in [0.3, 0.4) is 0 Å². The van der Waals surface area contributed by atoms with E-state index in [0.717, 1.165) is 6.42 Å². The average Bonchev–Trinajstić information content (AvgIpc) is 2.36. The highest BCUT2D eigenvalue weighted by atomic mass is 19.4. The molecule has 8 heteroatoms. The summed E-state index contributed by atoms with van der Waals surface area (Å²) in [5.41, 5.74) is -0.501. The van der Waals surface area contributed by atoms with Crippen molar-refractivity contribution >= 4 is 5.69 Å². The van der Waals surface area contributed by atoms with E-state index in [-0.39, 0.29) is 5.56 Å². The number of hydrogen-bond donors (Lipinski definition) is 2. The van der Waals surface area contributed by atoms with Crippen molar-refractivity contribution in [3.63, 3.8) is 0 Å². The van der Waals surface area contributed by atoms with Crippen LogP contribution in [0.2, 0.25) is 0 Å². The van der Waals surface area contributed by atoms with Gasteiger partial charge in [-0.1, -0.05) is 12.1 Å². The van der Waals surface area contributed by atoms with Crippen molar-refractivity contribution < 1.29 is 31.4 Å². The third-order valence-electron chi connectivity index (χ3n) is 3.79. The van der Waals surface area contributed by atoms with Gasteiger partial charge in [-0.15, -0.1) is 0 Å². The number of halogens is 6. The Kier molecular flexibility index (Phi) is 3.64. The predicted octanol–water partition coefficient (Wildman–Crippen LogP) is 3.46. The third-order valence-corrected chi connectivity index (χ3v) is 3.79. The minimum absolute atomic E-state index is 0.269. The molecule has 0 radical (unpaired) electrons. The lowest BCUT2D eigenvalue weighted by Gasteiger charge is -2.34. The first-order chi connectivity index (χ1) is 9.50. The van der Waals surface area contributed by atoms with Crippen LogP contribution in [0.4, 0.5) is 32.0 Å². The number of anilines is 1. The van der Waals surface area contributed by atoms with E-state index in [1.807, 2.05) is 0 Å². The zero-order valence-electron chi connectivity index (χ0n) is 10.8. The Morgan fingerprint density at radius 3 is 1.95 bits per heavy atom. The average molecular weight is 313 g/mol. The minimum atomic E-state index is -5.91. The van der Waals surface area contributed by atoms with Crippen molar-refractivity contribution in [2.24, 2.45) is 0 Å². The summed E-state index contributed by atoms with van der Waals surface area (Å²) < 4.78 is 77.2. The van der Waals surface area contributed by atoms with Crippen LogP contribution in [-0.2, 0) is 18.4 Å². The molecule has 2 rings (SSSR count). The van der Waals surface area contributed by atoms with Gasteiger partial charge in [0.15, 0.2) is 0 Å². The van der Waals surface area contributed by atoms with Crippen molar-refractivity contribution in [2.75, 3.05) is 5.73 Å². The Balaban J connectivity index is 2.68. The predicted molar refractivity (Wildman–Crippen MR) is 63.5 cm³/mol. The largest absolute Gasteiger partial charge is 0.430 e. The molecule has 1 aliphatic carbocycles. The molecule has 0 heterocycles. The molecule has 0 aliphatic heterocycles. The van der Waals surface area contributed by atoms with Gasteiger partial charge in [-0.3, -0.25) is 0 Å². The molecule has 0 aromatic heterocycles. The second-order valence-corrected chi connectivity index (χ2v) is 5.08. The van der Waals surface area contributed by atoms with Gasteiger partial charge in [0.1, 0.15) is 0 Å². The van der Waals surface area contributed by atoms with Gasteiger partial charge < -0.3 is 10.8 Å². The molecular weight excluding hydrogens is 300 g/mol. The fraction of sp³-hybridized carbons (Fsp3) is 0.538. The SMILES string of the molecule is Nc1c(C(O)(C(F)(F)F)C(F)(F)F)ccc2c1CCCC2. The number of hydrogen-bond acceptors (Lipinski definition) is 2. The standard InChI is InChI=1S/C13H13F6NO/c14-12(15,16)11(21,13(17,18)19)9-6-5-7-3-1-2-4-8(7)10(9)20/h5-6,21H,1-4,20H2. The van der Waals surface area contributed by atoms with E-state index < -0.39 is 29.2 Å². The molecule has 0 fully saturated rings. The number of fused-ring (bicyclic) bond motifs is 1. The molecule has 0 spiro atoms. The second-order valence-electron chi connectivity index (χ2n) is 5.08. The van der Waals surface area contributed by atoms with E-state index in [9.17, 15) is 31.4 Å². The van der Waals surface area contributed by atoms with Crippen molar-refractivity contribution in [1.82, 2.24) is 0 Å². The van der Waals surface area contributed by atoms with Crippen LogP contribution in [-0.4, -0.2) is 17.5 Å². The summed E-state index contributed by atoms with van der Waals surface area (Å²) >= 11 is 0. The summed E-state index contributed by atoms with van der Waals surface area (Å²) in [6, 6.07) is 1.81. The Bertz CT molecular complexity index is 535. The van der Waals surface area contributed by atoms with Gasteiger partial charge in [-0.2, -0.15) is 26.3 Å². The summed E-state index contributed by atoms with van der Waals surface area (Å²) in [6.07, 6.45) is -9.53. The first-order valence-electron chi connectivity index (χ1n) is 6.26. The number of aliphatic hydroxyl groups is 1. The number of nitrogen functional groups attached to an aromatic ring is 1. The number of aryl methyl sites for hydroxylation is 1. The van der Waals surface area contributed by atoms with Gasteiger partial charge in [0.25, 0.3) is 5.60 Å². The molecule has 1 aromatic rings. The lowest BCUT2D eigenvalue weighted by Crippen LogP contribution is -2.54. The zero-order valence-corrected chi connectivity index (χ0v) is 10.8. The number of nitrogens with two attached hydrogens (primary N) is 1. The quantitative estimate of drug-likeness (QED) is 0.616. The Labute approximate surface area is 116 Å². The zero-order chi connectivity index (χ0) is 16.1. The first kappa shape index (κ1) is 15.9. The van der Waals surface area contributed by atoms with Gasteiger partial charge in [0, 0.05) is 11.3 Å². The van der Waals surface area contributed by atoms with Crippen LogP contribution in [0.1, 0.15) is 29.5 Å². The van der Waals surface area contributed by atoms with E-state index >= 15 is 0 Å². The molecule has 118 valence electrons. The Hall–Kier alpha value is -1.44. The van der Waals surface area contributed by atoms with Crippen LogP contribution >= 0.6 is 0 Å². The van der Waals surface area contributed by atoms with Crippen LogP contribution in [0, 0.1) is 0 Å². The van der Waals surface area contributed by atoms with Gasteiger partial charge in [-0.25, -0.2) is 0 Å². The maximum absolute atomic E-state index is 12.9. The fourth-order valence-corrected chi connectivity index (χ4v) is 2.64. The topological polar surface area (TPSA) is 46.2 Å². The third kappa shape index (κ3) is 2.35. The van der Waals surface area contributed by atoms with E-state index in [0.29, 0.717) is 30.9 Å². The summed E-state index contributed by atoms with van der Waals surface area (Å²) in [7, 11) is 0. The molecule has 0 atom stereocenters. The monoisotopic (exact) mass is 313 g/mol. The fourth-order valence-electron chi connectivity index (χ4n) is 2.64. The summed E-state index contributed by atoms with van der Waals surface area (Å²) in [5, 5.41) is 9.41. The first-order valence-corrected chi connectivity index (χ1v) is 6.26. The van der Waals surface area contributed by atoms with Crippen LogP contribution in [0.15, 0.2) is 12.1 Å². The molecule has 21 heavy (non-hydrogen) atoms. The number of rotatable bonds is 1. The molecule has 0 amide bonds. The van der Waals surface area contributed by atoms with Crippen LogP contribution < -0.4 is 5.73 Å². The summed E-state index contributed by atoms with van der Waals surface area (Å²) in [6.45, 7) is 0. The van der Waals surface area contributed by atoms with E-state index in [1.165, 1.54) is 6.07 Å². The molecule has 0 unspecified atom stereocenters. The highest BCUT2D eigenvalue weighted by Gasteiger charge is 2.72. The van der Waals surface area contributed by atoms with E-state index in [1.54, 1.807) is 0 Å². The number of benzene rings is 1. The summed E-state index contributed by atoms with van der Waals surface area (Å²) in [5.74, 6) is 0. The lowest BCUT2D eigenvalue weighted by atomic mass is 9.83. The van der Waals surface area contributed by atoms with E-state index in [2.05, 4.69) is 0 Å². The van der Waals surface area contributed by atoms with Gasteiger partial charge in [0.2, 0.25) is 0 Å². The van der Waals surface area contributed by atoms with Gasteiger partial charge in [-0.05, 0) is 36.8 Å². The lowest BCUT2D eigenvalue weighted by molar-refractivity contribution is -0.376. The van der Waals surface area contributed by atoms with Crippen molar-refractivity contribution in [1.29, 1.82) is 0 Å². The van der Waals surface area contributed by atoms with Crippen molar-refractivity contribution in [3.8, 4) is 0 Å². The molecular formula is C13H13F6NO. The maximum Gasteiger partial charge on any atom is 0.430 e. The highest BCUT2D eigenvalue weighted by molar-refractivity contribution is 5.60. The molecule has 0 bridgehead atoms. The molecule has 0 saturated heterocycles. The van der Waals surface area contributed by atoms with Crippen LogP contribution in [0.25, 0.3) is 0 Å². The normalized spacial score (nSPS) is 16.7. The summed E-state index contributed by atoms with van der Waals surface area (Å²) in [4.78, 5) is 0. The second kappa shape index (κ2) is 4.79. The van der Waals surface area contributed by atoms with E-state index in [4.69, 9.17) is 5.73 Å². The van der Waals surface area contributed by atoms with Gasteiger partial charge >= 0.3 is 12.4 Å². The molecule has 2 nitrogen and oxygen atoms in total. The molecule has 3 N–H and O–H groups in total. The van der Waals surface area contributed by atoms with Crippen molar-refractivity contribution in [2.45, 2.75) is 43.6 Å². The van der Waals surface area contributed by atoms with Crippen molar-refractivity contribution in [3.05, 3.63) is 28.8 Å². The smallest absolute Gasteiger partial charge is 0.398 e. The Morgan fingerprint density at radius 2 is 1.43 bits per heavy atom. The van der Waals surface area contributed by atoms with Gasteiger partial charge in [0.05, 0.1) is 0 Å². The Morgan fingerprint density at radius 1 is 0.905 bits per heavy atom. The number of alkyl halides is 6. The minimum Gasteiger partial charge on any atom is -0.398 e. The van der Waals surface area contributed by atoms with Crippen LogP contribution in [0.5, 0.6) is 0 Å². The maximum atomic E-state index is 12.9. The molecule has 1 aliphatic rings.